The van der Waals surface area contributed by atoms with Crippen molar-refractivity contribution in [3.8, 4) is 5.13 Å². The number of aldehydes is 1. The molecule has 0 amide bonds. The highest BCUT2D eigenvalue weighted by atomic mass is 79.9. The third-order valence-electron chi connectivity index (χ3n) is 1.95. The number of nitrogens with zero attached hydrogens (tertiary/aromatic N) is 2. The number of carbonyl (C=O) groups is 1. The van der Waals surface area contributed by atoms with Gasteiger partial charge in [-0.05, 0) is 28.9 Å². The van der Waals surface area contributed by atoms with Crippen LogP contribution >= 0.6 is 27.3 Å². The third kappa shape index (κ3) is 1.42. The zero-order valence-electron chi connectivity index (χ0n) is 7.40. The summed E-state index contributed by atoms with van der Waals surface area (Å²) in [7, 11) is 0. The SMILES string of the molecule is Cc1c(Br)cc(C=O)n1-c1nccs1. The highest BCUT2D eigenvalue weighted by Gasteiger charge is 2.12. The number of halogens is 1. The average Bonchev–Trinajstić information content (AvgIpc) is 2.76. The molecule has 0 fully saturated rings. The van der Waals surface area contributed by atoms with Gasteiger partial charge in [-0.25, -0.2) is 4.98 Å². The summed E-state index contributed by atoms with van der Waals surface area (Å²) in [6.07, 6.45) is 2.56. The number of thiazole rings is 1. The van der Waals surface area contributed by atoms with Gasteiger partial charge in [0.15, 0.2) is 11.4 Å². The molecule has 2 aromatic rings. The van der Waals surface area contributed by atoms with Gasteiger partial charge in [0, 0.05) is 21.7 Å². The Morgan fingerprint density at radius 3 is 3.00 bits per heavy atom. The van der Waals surface area contributed by atoms with Crippen LogP contribution in [0.4, 0.5) is 0 Å². The van der Waals surface area contributed by atoms with Gasteiger partial charge in [-0.3, -0.25) is 9.36 Å². The lowest BCUT2D eigenvalue weighted by Gasteiger charge is -2.02. The zero-order valence-corrected chi connectivity index (χ0v) is 9.80. The Labute approximate surface area is 93.5 Å². The van der Waals surface area contributed by atoms with E-state index in [1.807, 2.05) is 16.9 Å². The predicted octanol–water partition coefficient (Wildman–Crippen LogP) is 2.82. The van der Waals surface area contributed by atoms with Crippen LogP contribution in [0.3, 0.4) is 0 Å². The minimum Gasteiger partial charge on any atom is -0.296 e. The molecule has 14 heavy (non-hydrogen) atoms. The zero-order chi connectivity index (χ0) is 10.1. The lowest BCUT2D eigenvalue weighted by molar-refractivity contribution is 0.111. The third-order valence-corrected chi connectivity index (χ3v) is 3.50. The van der Waals surface area contributed by atoms with Crippen molar-refractivity contribution in [3.63, 3.8) is 0 Å². The second-order valence-corrected chi connectivity index (χ2v) is 4.50. The van der Waals surface area contributed by atoms with Gasteiger partial charge in [-0.1, -0.05) is 0 Å². The normalized spacial score (nSPS) is 10.4. The van der Waals surface area contributed by atoms with Gasteiger partial charge in [0.1, 0.15) is 0 Å². The molecule has 0 N–H and O–H groups in total. The van der Waals surface area contributed by atoms with Crippen LogP contribution in [0.25, 0.3) is 5.13 Å². The number of rotatable bonds is 2. The summed E-state index contributed by atoms with van der Waals surface area (Å²) in [4.78, 5) is 15.0. The summed E-state index contributed by atoms with van der Waals surface area (Å²) in [6.45, 7) is 1.94. The maximum atomic E-state index is 10.8. The van der Waals surface area contributed by atoms with E-state index in [0.717, 1.165) is 21.6 Å². The Bertz CT molecular complexity index is 461. The van der Waals surface area contributed by atoms with Crippen molar-refractivity contribution in [3.05, 3.63) is 33.5 Å². The van der Waals surface area contributed by atoms with E-state index in [2.05, 4.69) is 20.9 Å². The first-order valence-electron chi connectivity index (χ1n) is 3.97. The van der Waals surface area contributed by atoms with Crippen LogP contribution in [-0.2, 0) is 0 Å². The van der Waals surface area contributed by atoms with Crippen LogP contribution in [0, 0.1) is 6.92 Å². The maximum Gasteiger partial charge on any atom is 0.194 e. The molecule has 5 heteroatoms. The molecule has 72 valence electrons. The van der Waals surface area contributed by atoms with Crippen molar-refractivity contribution in [2.45, 2.75) is 6.92 Å². The standard InChI is InChI=1S/C9H7BrN2OS/c1-6-8(10)4-7(5-13)12(6)9-11-2-3-14-9/h2-5H,1H3. The first kappa shape index (κ1) is 9.61. The quantitative estimate of drug-likeness (QED) is 0.787. The molecule has 0 aliphatic carbocycles. The molecule has 2 aromatic heterocycles. The van der Waals surface area contributed by atoms with E-state index in [4.69, 9.17) is 0 Å². The van der Waals surface area contributed by atoms with Gasteiger partial charge < -0.3 is 0 Å². The summed E-state index contributed by atoms with van der Waals surface area (Å²) < 4.78 is 2.76. The minimum absolute atomic E-state index is 0.615. The Morgan fingerprint density at radius 1 is 1.64 bits per heavy atom. The molecule has 2 heterocycles. The Morgan fingerprint density at radius 2 is 2.43 bits per heavy atom. The van der Waals surface area contributed by atoms with E-state index in [-0.39, 0.29) is 0 Å². The molecule has 0 saturated carbocycles. The summed E-state index contributed by atoms with van der Waals surface area (Å²) in [5.41, 5.74) is 1.60. The Hall–Kier alpha value is -0.940. The second-order valence-electron chi connectivity index (χ2n) is 2.77. The van der Waals surface area contributed by atoms with Crippen LogP contribution in [0.2, 0.25) is 0 Å². The summed E-state index contributed by atoms with van der Waals surface area (Å²) in [5.74, 6) is 0. The molecule has 3 nitrogen and oxygen atoms in total. The lowest BCUT2D eigenvalue weighted by Crippen LogP contribution is -2.00. The molecular formula is C9H7BrN2OS. The van der Waals surface area contributed by atoms with Crippen LogP contribution in [0.1, 0.15) is 16.2 Å². The van der Waals surface area contributed by atoms with Crippen molar-refractivity contribution in [2.75, 3.05) is 0 Å². The second kappa shape index (κ2) is 3.67. The molecule has 2 rings (SSSR count). The summed E-state index contributed by atoms with van der Waals surface area (Å²) >= 11 is 4.90. The van der Waals surface area contributed by atoms with E-state index in [9.17, 15) is 4.79 Å². The Kier molecular flexibility index (Phi) is 2.52. The molecule has 0 saturated heterocycles. The minimum atomic E-state index is 0.615. The first-order valence-corrected chi connectivity index (χ1v) is 5.64. The smallest absolute Gasteiger partial charge is 0.194 e. The van der Waals surface area contributed by atoms with Crippen LogP contribution in [0.15, 0.2) is 22.1 Å². The summed E-state index contributed by atoms with van der Waals surface area (Å²) in [5, 5.41) is 2.70. The largest absolute Gasteiger partial charge is 0.296 e. The highest BCUT2D eigenvalue weighted by molar-refractivity contribution is 9.10. The Balaban J connectivity index is 2.67. The van der Waals surface area contributed by atoms with Crippen molar-refractivity contribution < 1.29 is 4.79 Å². The molecule has 0 spiro atoms. The maximum absolute atomic E-state index is 10.8. The number of hydrogen-bond donors (Lipinski definition) is 0. The number of carbonyl (C=O) groups excluding carboxylic acids is 1. The molecule has 0 aliphatic rings. The van der Waals surface area contributed by atoms with E-state index >= 15 is 0 Å². The van der Waals surface area contributed by atoms with Gasteiger partial charge in [0.2, 0.25) is 0 Å². The molecule has 0 unspecified atom stereocenters. The highest BCUT2D eigenvalue weighted by Crippen LogP contribution is 2.25. The fourth-order valence-corrected chi connectivity index (χ4v) is 2.39. The monoisotopic (exact) mass is 270 g/mol. The van der Waals surface area contributed by atoms with E-state index in [0.29, 0.717) is 5.69 Å². The predicted molar refractivity (Wildman–Crippen MR) is 59.3 cm³/mol. The lowest BCUT2D eigenvalue weighted by atomic mass is 10.4. The van der Waals surface area contributed by atoms with Gasteiger partial charge in [-0.15, -0.1) is 11.3 Å². The number of hydrogen-bond acceptors (Lipinski definition) is 3. The van der Waals surface area contributed by atoms with Gasteiger partial charge in [0.05, 0.1) is 5.69 Å². The van der Waals surface area contributed by atoms with Crippen LogP contribution < -0.4 is 0 Å². The molecular weight excluding hydrogens is 264 g/mol. The topological polar surface area (TPSA) is 34.9 Å². The van der Waals surface area contributed by atoms with E-state index in [1.54, 1.807) is 12.3 Å². The molecule has 0 bridgehead atoms. The van der Waals surface area contributed by atoms with Gasteiger partial charge in [-0.2, -0.15) is 0 Å². The van der Waals surface area contributed by atoms with E-state index < -0.39 is 0 Å². The van der Waals surface area contributed by atoms with Crippen LogP contribution in [0.5, 0.6) is 0 Å². The van der Waals surface area contributed by atoms with Gasteiger partial charge >= 0.3 is 0 Å². The average molecular weight is 271 g/mol. The van der Waals surface area contributed by atoms with Crippen molar-refractivity contribution in [1.82, 2.24) is 9.55 Å². The first-order chi connectivity index (χ1) is 6.74. The van der Waals surface area contributed by atoms with Crippen molar-refractivity contribution >= 4 is 33.6 Å². The van der Waals surface area contributed by atoms with Crippen molar-refractivity contribution in [2.24, 2.45) is 0 Å². The number of aromatic nitrogens is 2. The fraction of sp³-hybridized carbons (Fsp3) is 0.111. The molecule has 0 aromatic carbocycles. The van der Waals surface area contributed by atoms with Crippen LogP contribution in [-0.4, -0.2) is 15.8 Å². The molecule has 0 aliphatic heterocycles. The van der Waals surface area contributed by atoms with E-state index in [1.165, 1.54) is 11.3 Å². The molecule has 0 atom stereocenters. The van der Waals surface area contributed by atoms with Gasteiger partial charge in [0.25, 0.3) is 0 Å². The van der Waals surface area contributed by atoms with Crippen molar-refractivity contribution in [1.29, 1.82) is 0 Å². The fourth-order valence-electron chi connectivity index (χ4n) is 1.27. The molecule has 0 radical (unpaired) electrons. The summed E-state index contributed by atoms with van der Waals surface area (Å²) in [6, 6.07) is 1.80.